The van der Waals surface area contributed by atoms with E-state index in [9.17, 15) is 22.8 Å². The Morgan fingerprint density at radius 3 is 2.50 bits per heavy atom. The lowest BCUT2D eigenvalue weighted by molar-refractivity contribution is -0.137. The van der Waals surface area contributed by atoms with Crippen LogP contribution in [0.25, 0.3) is 0 Å². The van der Waals surface area contributed by atoms with E-state index in [-0.39, 0.29) is 16.3 Å². The summed E-state index contributed by atoms with van der Waals surface area (Å²) in [6.45, 7) is -0.437. The molecule has 0 bridgehead atoms. The second-order valence-corrected chi connectivity index (χ2v) is 6.70. The van der Waals surface area contributed by atoms with Gasteiger partial charge in [0.15, 0.2) is 0 Å². The van der Waals surface area contributed by atoms with Crippen molar-refractivity contribution in [2.45, 2.75) is 6.18 Å². The zero-order valence-electron chi connectivity index (χ0n) is 13.4. The number of hydrogen-bond acceptors (Lipinski definition) is 2. The molecule has 0 heterocycles. The lowest BCUT2D eigenvalue weighted by Gasteiger charge is -2.19. The number of nitrogens with zero attached hydrogens (tertiary/aromatic N) is 1. The van der Waals surface area contributed by atoms with E-state index in [1.54, 1.807) is 6.07 Å². The largest absolute Gasteiger partial charge is 0.418 e. The van der Waals surface area contributed by atoms with Crippen molar-refractivity contribution in [3.63, 3.8) is 0 Å². The van der Waals surface area contributed by atoms with Gasteiger partial charge in [-0.15, -0.1) is 0 Å². The average Bonchev–Trinajstić information content (AvgIpc) is 2.55. The summed E-state index contributed by atoms with van der Waals surface area (Å²) in [4.78, 5) is 25.5. The van der Waals surface area contributed by atoms with Crippen molar-refractivity contribution in [3.8, 4) is 0 Å². The van der Waals surface area contributed by atoms with Gasteiger partial charge in [-0.25, -0.2) is 0 Å². The Kier molecular flexibility index (Phi) is 6.30. The van der Waals surface area contributed by atoms with Gasteiger partial charge in [0.25, 0.3) is 5.91 Å². The van der Waals surface area contributed by atoms with Crippen molar-refractivity contribution >= 4 is 45.0 Å². The molecule has 138 valence electrons. The van der Waals surface area contributed by atoms with E-state index < -0.39 is 30.1 Å². The van der Waals surface area contributed by atoms with Gasteiger partial charge in [-0.3, -0.25) is 9.59 Å². The second-order valence-electron chi connectivity index (χ2n) is 5.38. The molecule has 26 heavy (non-hydrogen) atoms. The fourth-order valence-corrected chi connectivity index (χ4v) is 2.74. The van der Waals surface area contributed by atoms with E-state index in [4.69, 9.17) is 11.6 Å². The number of anilines is 1. The Morgan fingerprint density at radius 1 is 1.19 bits per heavy atom. The Hall–Kier alpha value is -2.06. The summed E-state index contributed by atoms with van der Waals surface area (Å²) in [7, 11) is 1.36. The van der Waals surface area contributed by atoms with Crippen molar-refractivity contribution < 1.29 is 22.8 Å². The van der Waals surface area contributed by atoms with Gasteiger partial charge in [0.1, 0.15) is 0 Å². The number of nitrogens with one attached hydrogen (secondary N) is 1. The minimum atomic E-state index is -4.60. The average molecular weight is 450 g/mol. The van der Waals surface area contributed by atoms with E-state index in [1.165, 1.54) is 31.3 Å². The lowest BCUT2D eigenvalue weighted by atomic mass is 10.1. The monoisotopic (exact) mass is 448 g/mol. The van der Waals surface area contributed by atoms with Crippen LogP contribution < -0.4 is 5.32 Å². The van der Waals surface area contributed by atoms with Crippen molar-refractivity contribution in [2.24, 2.45) is 0 Å². The molecule has 2 aromatic rings. The number of benzene rings is 2. The Balaban J connectivity index is 2.11. The first-order valence-corrected chi connectivity index (χ1v) is 8.43. The smallest absolute Gasteiger partial charge is 0.332 e. The molecule has 9 heteroatoms. The van der Waals surface area contributed by atoms with E-state index in [0.29, 0.717) is 4.47 Å². The summed E-state index contributed by atoms with van der Waals surface area (Å²) >= 11 is 9.20. The number of halogens is 5. The van der Waals surface area contributed by atoms with E-state index >= 15 is 0 Å². The first-order valence-electron chi connectivity index (χ1n) is 7.26. The predicted molar refractivity (Wildman–Crippen MR) is 96.2 cm³/mol. The normalized spacial score (nSPS) is 11.2. The van der Waals surface area contributed by atoms with Gasteiger partial charge >= 0.3 is 6.18 Å². The Bertz CT molecular complexity index is 843. The summed E-state index contributed by atoms with van der Waals surface area (Å²) in [5, 5.41) is 2.39. The highest BCUT2D eigenvalue weighted by Gasteiger charge is 2.33. The zero-order valence-corrected chi connectivity index (χ0v) is 15.7. The van der Waals surface area contributed by atoms with Crippen molar-refractivity contribution in [1.82, 2.24) is 4.90 Å². The van der Waals surface area contributed by atoms with Crippen LogP contribution in [0.3, 0.4) is 0 Å². The van der Waals surface area contributed by atoms with Crippen molar-refractivity contribution in [1.29, 1.82) is 0 Å². The molecule has 2 aromatic carbocycles. The SMILES string of the molecule is CN(CC(=O)Nc1ccccc1C(F)(F)F)C(=O)c1cc(Br)ccc1Cl. The predicted octanol–water partition coefficient (Wildman–Crippen LogP) is 4.83. The van der Waals surface area contributed by atoms with Crippen LogP contribution in [0, 0.1) is 0 Å². The number of amides is 2. The zero-order chi connectivity index (χ0) is 19.5. The fraction of sp³-hybridized carbons (Fsp3) is 0.176. The Labute approximate surface area is 161 Å². The number of rotatable bonds is 4. The van der Waals surface area contributed by atoms with E-state index in [1.807, 2.05) is 0 Å². The summed E-state index contributed by atoms with van der Waals surface area (Å²) < 4.78 is 39.5. The third kappa shape index (κ3) is 4.98. The van der Waals surface area contributed by atoms with Crippen LogP contribution in [0.15, 0.2) is 46.9 Å². The van der Waals surface area contributed by atoms with Crippen LogP contribution >= 0.6 is 27.5 Å². The summed E-state index contributed by atoms with van der Waals surface area (Å²) in [5.41, 5.74) is -1.16. The topological polar surface area (TPSA) is 49.4 Å². The van der Waals surface area contributed by atoms with Gasteiger partial charge in [0.05, 0.1) is 28.4 Å². The lowest BCUT2D eigenvalue weighted by Crippen LogP contribution is -2.35. The first-order chi connectivity index (χ1) is 12.1. The van der Waals surface area contributed by atoms with Crippen LogP contribution in [-0.4, -0.2) is 30.3 Å². The molecule has 0 aliphatic carbocycles. The molecule has 4 nitrogen and oxygen atoms in total. The van der Waals surface area contributed by atoms with Gasteiger partial charge in [0.2, 0.25) is 5.91 Å². The molecule has 0 atom stereocenters. The molecule has 0 aromatic heterocycles. The highest BCUT2D eigenvalue weighted by molar-refractivity contribution is 9.10. The van der Waals surface area contributed by atoms with E-state index in [2.05, 4.69) is 21.2 Å². The molecule has 0 unspecified atom stereocenters. The molecule has 0 aliphatic heterocycles. The fourth-order valence-electron chi connectivity index (χ4n) is 2.18. The molecule has 0 radical (unpaired) electrons. The highest BCUT2D eigenvalue weighted by Crippen LogP contribution is 2.34. The van der Waals surface area contributed by atoms with Gasteiger partial charge < -0.3 is 10.2 Å². The van der Waals surface area contributed by atoms with Crippen LogP contribution in [0.5, 0.6) is 0 Å². The molecular weight excluding hydrogens is 437 g/mol. The maximum atomic E-state index is 13.0. The molecule has 0 saturated heterocycles. The maximum absolute atomic E-state index is 13.0. The molecule has 2 rings (SSSR count). The number of likely N-dealkylation sites (N-methyl/N-ethyl adjacent to an activating group) is 1. The minimum Gasteiger partial charge on any atom is -0.332 e. The molecule has 0 aliphatic rings. The molecule has 0 saturated carbocycles. The van der Waals surface area contributed by atoms with Gasteiger partial charge in [-0.1, -0.05) is 39.7 Å². The van der Waals surface area contributed by atoms with Gasteiger partial charge in [-0.05, 0) is 30.3 Å². The van der Waals surface area contributed by atoms with Crippen molar-refractivity contribution in [3.05, 3.63) is 63.1 Å². The van der Waals surface area contributed by atoms with Gasteiger partial charge in [0, 0.05) is 11.5 Å². The minimum absolute atomic E-state index is 0.173. The third-order valence-electron chi connectivity index (χ3n) is 3.39. The van der Waals surface area contributed by atoms with Crippen LogP contribution in [0.2, 0.25) is 5.02 Å². The highest BCUT2D eigenvalue weighted by atomic mass is 79.9. The summed E-state index contributed by atoms with van der Waals surface area (Å²) in [5.74, 6) is -1.29. The molecule has 0 fully saturated rings. The quantitative estimate of drug-likeness (QED) is 0.727. The molecule has 1 N–H and O–H groups in total. The Morgan fingerprint density at radius 2 is 1.85 bits per heavy atom. The van der Waals surface area contributed by atoms with E-state index in [0.717, 1.165) is 17.0 Å². The summed E-state index contributed by atoms with van der Waals surface area (Å²) in [6, 6.07) is 9.29. The number of hydrogen-bond donors (Lipinski definition) is 1. The first kappa shape index (κ1) is 20.3. The van der Waals surface area contributed by atoms with Crippen LogP contribution in [-0.2, 0) is 11.0 Å². The maximum Gasteiger partial charge on any atom is 0.418 e. The van der Waals surface area contributed by atoms with Crippen LogP contribution in [0.4, 0.5) is 18.9 Å². The number of carbonyl (C=O) groups is 2. The molecule has 2 amide bonds. The number of para-hydroxylation sites is 1. The second kappa shape index (κ2) is 8.09. The standard InChI is InChI=1S/C17H13BrClF3N2O2/c1-24(16(26)11-8-10(18)6-7-13(11)19)9-15(25)23-14-5-3-2-4-12(14)17(20,21)22/h2-8H,9H2,1H3,(H,23,25). The molecule has 0 spiro atoms. The van der Waals surface area contributed by atoms with Crippen molar-refractivity contribution in [2.75, 3.05) is 18.9 Å². The van der Waals surface area contributed by atoms with Crippen LogP contribution in [0.1, 0.15) is 15.9 Å². The van der Waals surface area contributed by atoms with Gasteiger partial charge in [-0.2, -0.15) is 13.2 Å². The third-order valence-corrected chi connectivity index (χ3v) is 4.22. The number of alkyl halides is 3. The molecular formula is C17H13BrClF3N2O2. The number of carbonyl (C=O) groups excluding carboxylic acids is 2. The summed E-state index contributed by atoms with van der Waals surface area (Å²) in [6.07, 6.45) is -4.60.